The molecule has 0 fully saturated rings. The van der Waals surface area contributed by atoms with Crippen molar-refractivity contribution >= 4 is 5.82 Å². The lowest BCUT2D eigenvalue weighted by molar-refractivity contribution is 0.415. The molecule has 0 saturated carbocycles. The van der Waals surface area contributed by atoms with Gasteiger partial charge in [-0.15, -0.1) is 0 Å². The first kappa shape index (κ1) is 11.4. The Morgan fingerprint density at radius 3 is 2.47 bits per heavy atom. The third-order valence-corrected chi connectivity index (χ3v) is 2.59. The summed E-state index contributed by atoms with van der Waals surface area (Å²) in [5.74, 6) is 1.22. The molecule has 0 radical (unpaired) electrons. The number of rotatable bonds is 2. The second kappa shape index (κ2) is 4.41. The second-order valence-corrected chi connectivity index (χ2v) is 3.99. The summed E-state index contributed by atoms with van der Waals surface area (Å²) in [5, 5.41) is 0. The van der Waals surface area contributed by atoms with Crippen molar-refractivity contribution in [3.63, 3.8) is 0 Å². The minimum absolute atomic E-state index is 0.414. The smallest absolute Gasteiger partial charge is 0.141 e. The van der Waals surface area contributed by atoms with E-state index in [0.29, 0.717) is 5.82 Å². The van der Waals surface area contributed by atoms with Crippen molar-refractivity contribution in [2.45, 2.75) is 13.8 Å². The maximum absolute atomic E-state index is 5.53. The number of hydrogen-bond acceptors (Lipinski definition) is 4. The van der Waals surface area contributed by atoms with Gasteiger partial charge in [-0.1, -0.05) is 6.07 Å². The van der Waals surface area contributed by atoms with Crippen LogP contribution in [0.25, 0.3) is 11.3 Å². The van der Waals surface area contributed by atoms with E-state index in [9.17, 15) is 0 Å². The molecule has 17 heavy (non-hydrogen) atoms. The molecule has 0 aliphatic carbocycles. The molecule has 0 bridgehead atoms. The van der Waals surface area contributed by atoms with E-state index in [1.165, 1.54) is 0 Å². The highest BCUT2D eigenvalue weighted by molar-refractivity contribution is 5.71. The number of anilines is 1. The van der Waals surface area contributed by atoms with Gasteiger partial charge >= 0.3 is 0 Å². The highest BCUT2D eigenvalue weighted by atomic mass is 16.5. The Bertz CT molecular complexity index is 535. The van der Waals surface area contributed by atoms with Gasteiger partial charge in [0.1, 0.15) is 11.6 Å². The average molecular weight is 229 g/mol. The molecular formula is C13H15N3O. The molecule has 2 N–H and O–H groups in total. The molecule has 0 aliphatic rings. The average Bonchev–Trinajstić information content (AvgIpc) is 2.30. The fourth-order valence-electron chi connectivity index (χ4n) is 1.88. The van der Waals surface area contributed by atoms with Gasteiger partial charge in [0, 0.05) is 5.56 Å². The Kier molecular flexibility index (Phi) is 2.95. The maximum Gasteiger partial charge on any atom is 0.141 e. The molecule has 1 aromatic carbocycles. The van der Waals surface area contributed by atoms with Crippen molar-refractivity contribution in [1.29, 1.82) is 0 Å². The molecule has 0 unspecified atom stereocenters. The van der Waals surface area contributed by atoms with Crippen LogP contribution in [-0.2, 0) is 0 Å². The summed E-state index contributed by atoms with van der Waals surface area (Å²) >= 11 is 0. The molecule has 88 valence electrons. The van der Waals surface area contributed by atoms with Crippen LogP contribution in [0.5, 0.6) is 5.75 Å². The van der Waals surface area contributed by atoms with Gasteiger partial charge in [0.05, 0.1) is 25.2 Å². The van der Waals surface area contributed by atoms with Crippen LogP contribution in [0.4, 0.5) is 5.82 Å². The van der Waals surface area contributed by atoms with E-state index in [4.69, 9.17) is 10.5 Å². The van der Waals surface area contributed by atoms with E-state index in [-0.39, 0.29) is 0 Å². The minimum atomic E-state index is 0.414. The predicted molar refractivity (Wildman–Crippen MR) is 67.9 cm³/mol. The van der Waals surface area contributed by atoms with Crippen molar-refractivity contribution in [3.8, 4) is 17.0 Å². The summed E-state index contributed by atoms with van der Waals surface area (Å²) in [7, 11) is 1.66. The van der Waals surface area contributed by atoms with Crippen molar-refractivity contribution < 1.29 is 4.74 Å². The monoisotopic (exact) mass is 229 g/mol. The zero-order valence-corrected chi connectivity index (χ0v) is 10.2. The standard InChI is InChI=1S/C13H15N3O/c1-8-4-9(2)13(11(5-8)17-3)10-6-16-12(14)7-15-10/h4-7H,1-3H3,(H2,14,16). The summed E-state index contributed by atoms with van der Waals surface area (Å²) < 4.78 is 5.39. The molecule has 0 saturated heterocycles. The molecule has 2 rings (SSSR count). The van der Waals surface area contributed by atoms with Crippen LogP contribution in [0.15, 0.2) is 24.5 Å². The summed E-state index contributed by atoms with van der Waals surface area (Å²) in [4.78, 5) is 8.33. The zero-order chi connectivity index (χ0) is 12.4. The van der Waals surface area contributed by atoms with Crippen LogP contribution in [0.1, 0.15) is 11.1 Å². The molecule has 2 aromatic rings. The molecule has 0 spiro atoms. The van der Waals surface area contributed by atoms with Crippen LogP contribution in [0.3, 0.4) is 0 Å². The Morgan fingerprint density at radius 1 is 1.12 bits per heavy atom. The van der Waals surface area contributed by atoms with E-state index in [2.05, 4.69) is 16.0 Å². The molecule has 0 amide bonds. The number of nitrogen functional groups attached to an aromatic ring is 1. The highest BCUT2D eigenvalue weighted by Crippen LogP contribution is 2.32. The lowest BCUT2D eigenvalue weighted by atomic mass is 10.0. The van der Waals surface area contributed by atoms with Crippen LogP contribution in [-0.4, -0.2) is 17.1 Å². The number of hydrogen-bond donors (Lipinski definition) is 1. The number of methoxy groups -OCH3 is 1. The number of benzene rings is 1. The molecule has 4 heteroatoms. The van der Waals surface area contributed by atoms with Crippen molar-refractivity contribution in [2.75, 3.05) is 12.8 Å². The van der Waals surface area contributed by atoms with Crippen LogP contribution < -0.4 is 10.5 Å². The van der Waals surface area contributed by atoms with Crippen LogP contribution >= 0.6 is 0 Å². The van der Waals surface area contributed by atoms with Gasteiger partial charge in [0.2, 0.25) is 0 Å². The number of nitrogens with two attached hydrogens (primary N) is 1. The van der Waals surface area contributed by atoms with Crippen LogP contribution in [0.2, 0.25) is 0 Å². The summed E-state index contributed by atoms with van der Waals surface area (Å²) in [6, 6.07) is 4.08. The molecule has 4 nitrogen and oxygen atoms in total. The first-order valence-electron chi connectivity index (χ1n) is 5.35. The van der Waals surface area contributed by atoms with Gasteiger partial charge in [0.15, 0.2) is 0 Å². The SMILES string of the molecule is COc1cc(C)cc(C)c1-c1cnc(N)cn1. The normalized spacial score (nSPS) is 10.3. The Morgan fingerprint density at radius 2 is 1.88 bits per heavy atom. The molecule has 1 heterocycles. The van der Waals surface area contributed by atoms with Gasteiger partial charge in [-0.3, -0.25) is 4.98 Å². The van der Waals surface area contributed by atoms with E-state index in [1.807, 2.05) is 19.9 Å². The first-order chi connectivity index (χ1) is 8.11. The summed E-state index contributed by atoms with van der Waals surface area (Å²) in [6.07, 6.45) is 3.21. The number of aromatic nitrogens is 2. The van der Waals surface area contributed by atoms with Crippen LogP contribution in [0, 0.1) is 13.8 Å². The second-order valence-electron chi connectivity index (χ2n) is 3.99. The van der Waals surface area contributed by atoms with E-state index < -0.39 is 0 Å². The van der Waals surface area contributed by atoms with Gasteiger partial charge in [-0.05, 0) is 31.0 Å². The lowest BCUT2D eigenvalue weighted by Gasteiger charge is -2.12. The largest absolute Gasteiger partial charge is 0.496 e. The Labute approximate surface area is 100 Å². The summed E-state index contributed by atoms with van der Waals surface area (Å²) in [6.45, 7) is 4.07. The van der Waals surface area contributed by atoms with E-state index >= 15 is 0 Å². The van der Waals surface area contributed by atoms with E-state index in [1.54, 1.807) is 19.5 Å². The van der Waals surface area contributed by atoms with Crippen molar-refractivity contribution in [1.82, 2.24) is 9.97 Å². The number of nitrogens with zero attached hydrogens (tertiary/aromatic N) is 2. The predicted octanol–water partition coefficient (Wildman–Crippen LogP) is 2.35. The quantitative estimate of drug-likeness (QED) is 0.858. The van der Waals surface area contributed by atoms with E-state index in [0.717, 1.165) is 28.1 Å². The van der Waals surface area contributed by atoms with Gasteiger partial charge in [-0.25, -0.2) is 4.98 Å². The van der Waals surface area contributed by atoms with Crippen molar-refractivity contribution in [2.24, 2.45) is 0 Å². The van der Waals surface area contributed by atoms with Gasteiger partial charge < -0.3 is 10.5 Å². The first-order valence-corrected chi connectivity index (χ1v) is 5.35. The lowest BCUT2D eigenvalue weighted by Crippen LogP contribution is -1.97. The topological polar surface area (TPSA) is 61.0 Å². The number of ether oxygens (including phenoxy) is 1. The molecule has 0 aliphatic heterocycles. The fourth-order valence-corrected chi connectivity index (χ4v) is 1.88. The van der Waals surface area contributed by atoms with Gasteiger partial charge in [0.25, 0.3) is 0 Å². The minimum Gasteiger partial charge on any atom is -0.496 e. The zero-order valence-electron chi connectivity index (χ0n) is 10.2. The maximum atomic E-state index is 5.53. The number of aryl methyl sites for hydroxylation is 2. The third kappa shape index (κ3) is 2.20. The molecule has 0 atom stereocenters. The summed E-state index contributed by atoms with van der Waals surface area (Å²) in [5.41, 5.74) is 9.54. The molecular weight excluding hydrogens is 214 g/mol. The third-order valence-electron chi connectivity index (χ3n) is 2.59. The Hall–Kier alpha value is -2.10. The van der Waals surface area contributed by atoms with Crippen molar-refractivity contribution in [3.05, 3.63) is 35.7 Å². The Balaban J connectivity index is 2.61. The fraction of sp³-hybridized carbons (Fsp3) is 0.231. The molecule has 1 aromatic heterocycles. The van der Waals surface area contributed by atoms with Gasteiger partial charge in [-0.2, -0.15) is 0 Å². The highest BCUT2D eigenvalue weighted by Gasteiger charge is 2.11.